The van der Waals surface area contributed by atoms with E-state index in [0.717, 1.165) is 57.3 Å². The molecule has 2 aliphatic heterocycles. The summed E-state index contributed by atoms with van der Waals surface area (Å²) in [7, 11) is 0. The predicted octanol–water partition coefficient (Wildman–Crippen LogP) is -0.143. The summed E-state index contributed by atoms with van der Waals surface area (Å²) in [4.78, 5) is 16.3. The highest BCUT2D eigenvalue weighted by Gasteiger charge is 2.18. The number of rotatable bonds is 3. The zero-order valence-corrected chi connectivity index (χ0v) is 10.6. The summed E-state index contributed by atoms with van der Waals surface area (Å²) >= 11 is 1.95. The molecule has 1 amide bonds. The first-order valence-corrected chi connectivity index (χ1v) is 7.30. The first kappa shape index (κ1) is 12.2. The van der Waals surface area contributed by atoms with E-state index in [9.17, 15) is 4.79 Å². The van der Waals surface area contributed by atoms with Crippen LogP contribution in [0.4, 0.5) is 0 Å². The Bertz CT molecular complexity index is 225. The molecule has 2 aliphatic rings. The van der Waals surface area contributed by atoms with Crippen LogP contribution >= 0.6 is 11.8 Å². The largest absolute Gasteiger partial charge is 0.341 e. The average molecular weight is 243 g/mol. The molecule has 0 bridgehead atoms. The zero-order valence-electron chi connectivity index (χ0n) is 9.78. The fourth-order valence-corrected chi connectivity index (χ4v) is 3.06. The van der Waals surface area contributed by atoms with Crippen LogP contribution in [0.15, 0.2) is 0 Å². The van der Waals surface area contributed by atoms with Gasteiger partial charge in [0.1, 0.15) is 0 Å². The number of nitrogens with one attached hydrogen (secondary N) is 1. The Morgan fingerprint density at radius 1 is 1.12 bits per heavy atom. The van der Waals surface area contributed by atoms with Gasteiger partial charge in [-0.15, -0.1) is 0 Å². The van der Waals surface area contributed by atoms with Gasteiger partial charge in [-0.05, 0) is 0 Å². The van der Waals surface area contributed by atoms with E-state index in [1.165, 1.54) is 0 Å². The van der Waals surface area contributed by atoms with Crippen molar-refractivity contribution in [3.8, 4) is 0 Å². The fourth-order valence-electron chi connectivity index (χ4n) is 2.16. The lowest BCUT2D eigenvalue weighted by Crippen LogP contribution is -2.45. The Kier molecular flexibility index (Phi) is 4.93. The molecule has 0 saturated carbocycles. The molecule has 0 atom stereocenters. The minimum absolute atomic E-state index is 0.346. The first-order valence-electron chi connectivity index (χ1n) is 6.15. The van der Waals surface area contributed by atoms with Gasteiger partial charge in [0, 0.05) is 63.7 Å². The van der Waals surface area contributed by atoms with Gasteiger partial charge in [0.15, 0.2) is 0 Å². The molecule has 0 spiro atoms. The van der Waals surface area contributed by atoms with Crippen LogP contribution in [0.1, 0.15) is 6.42 Å². The molecule has 16 heavy (non-hydrogen) atoms. The summed E-state index contributed by atoms with van der Waals surface area (Å²) in [5, 5.41) is 3.33. The van der Waals surface area contributed by atoms with Crippen LogP contribution in [0.5, 0.6) is 0 Å². The third-order valence-corrected chi connectivity index (χ3v) is 4.16. The number of carbonyl (C=O) groups excluding carboxylic acids is 1. The third kappa shape index (κ3) is 3.64. The maximum atomic E-state index is 11.9. The summed E-state index contributed by atoms with van der Waals surface area (Å²) in [6, 6.07) is 0. The number of amides is 1. The van der Waals surface area contributed by atoms with Gasteiger partial charge in [0.2, 0.25) is 5.91 Å². The predicted molar refractivity (Wildman–Crippen MR) is 67.8 cm³/mol. The molecule has 1 N–H and O–H groups in total. The van der Waals surface area contributed by atoms with Gasteiger partial charge in [0.25, 0.3) is 0 Å². The van der Waals surface area contributed by atoms with E-state index < -0.39 is 0 Å². The van der Waals surface area contributed by atoms with E-state index in [2.05, 4.69) is 10.2 Å². The zero-order chi connectivity index (χ0) is 11.2. The lowest BCUT2D eigenvalue weighted by Gasteiger charge is -2.30. The monoisotopic (exact) mass is 243 g/mol. The number of nitrogens with zero attached hydrogens (tertiary/aromatic N) is 2. The molecular weight excluding hydrogens is 222 g/mol. The average Bonchev–Trinajstić information content (AvgIpc) is 2.38. The van der Waals surface area contributed by atoms with Crippen molar-refractivity contribution in [1.82, 2.24) is 15.1 Å². The lowest BCUT2D eigenvalue weighted by atomic mass is 10.3. The van der Waals surface area contributed by atoms with Gasteiger partial charge in [-0.2, -0.15) is 11.8 Å². The number of thioether (sulfide) groups is 1. The molecule has 2 rings (SSSR count). The van der Waals surface area contributed by atoms with Gasteiger partial charge in [0.05, 0.1) is 0 Å². The van der Waals surface area contributed by atoms with Crippen LogP contribution < -0.4 is 5.32 Å². The van der Waals surface area contributed by atoms with Gasteiger partial charge in [-0.3, -0.25) is 4.79 Å². The maximum absolute atomic E-state index is 11.9. The Morgan fingerprint density at radius 2 is 1.81 bits per heavy atom. The van der Waals surface area contributed by atoms with Gasteiger partial charge in [-0.25, -0.2) is 0 Å². The van der Waals surface area contributed by atoms with Gasteiger partial charge < -0.3 is 15.1 Å². The summed E-state index contributed by atoms with van der Waals surface area (Å²) in [6.07, 6.45) is 0.699. The highest BCUT2D eigenvalue weighted by molar-refractivity contribution is 7.99. The Labute approximate surface area is 102 Å². The van der Waals surface area contributed by atoms with Crippen molar-refractivity contribution in [1.29, 1.82) is 0 Å². The van der Waals surface area contributed by atoms with Crippen LogP contribution in [-0.4, -0.2) is 73.0 Å². The molecule has 0 unspecified atom stereocenters. The van der Waals surface area contributed by atoms with Crippen molar-refractivity contribution in [3.05, 3.63) is 0 Å². The van der Waals surface area contributed by atoms with E-state index in [1.54, 1.807) is 0 Å². The van der Waals surface area contributed by atoms with E-state index in [4.69, 9.17) is 0 Å². The Morgan fingerprint density at radius 3 is 2.50 bits per heavy atom. The van der Waals surface area contributed by atoms with E-state index in [-0.39, 0.29) is 0 Å². The Balaban J connectivity index is 1.65. The van der Waals surface area contributed by atoms with Crippen molar-refractivity contribution in [2.24, 2.45) is 0 Å². The van der Waals surface area contributed by atoms with Crippen molar-refractivity contribution in [2.45, 2.75) is 6.42 Å². The van der Waals surface area contributed by atoms with Crippen molar-refractivity contribution in [2.75, 3.05) is 57.3 Å². The summed E-state index contributed by atoms with van der Waals surface area (Å²) in [6.45, 7) is 7.13. The summed E-state index contributed by atoms with van der Waals surface area (Å²) in [5.74, 6) is 2.57. The Hall–Kier alpha value is -0.260. The second kappa shape index (κ2) is 6.47. The minimum Gasteiger partial charge on any atom is -0.341 e. The molecule has 0 radical (unpaired) electrons. The van der Waals surface area contributed by atoms with Crippen molar-refractivity contribution in [3.63, 3.8) is 0 Å². The van der Waals surface area contributed by atoms with Crippen LogP contribution in [0.25, 0.3) is 0 Å². The van der Waals surface area contributed by atoms with E-state index >= 15 is 0 Å². The topological polar surface area (TPSA) is 35.6 Å². The van der Waals surface area contributed by atoms with Crippen molar-refractivity contribution < 1.29 is 4.79 Å². The normalized spacial score (nSPS) is 23.4. The molecule has 0 aromatic carbocycles. The molecule has 0 aliphatic carbocycles. The number of hydrogen-bond donors (Lipinski definition) is 1. The summed E-state index contributed by atoms with van der Waals surface area (Å²) < 4.78 is 0. The maximum Gasteiger partial charge on any atom is 0.223 e. The molecular formula is C11H21N3OS. The molecule has 2 heterocycles. The highest BCUT2D eigenvalue weighted by atomic mass is 32.2. The smallest absolute Gasteiger partial charge is 0.223 e. The molecule has 2 fully saturated rings. The number of carbonyl (C=O) groups is 1. The van der Waals surface area contributed by atoms with Gasteiger partial charge >= 0.3 is 0 Å². The quantitative estimate of drug-likeness (QED) is 0.748. The standard InChI is InChI=1S/C11H21N3OS/c15-11(14-7-9-16-10-8-14)1-4-13-5-2-12-3-6-13/h12H,1-10H2. The summed E-state index contributed by atoms with van der Waals surface area (Å²) in [5.41, 5.74) is 0. The minimum atomic E-state index is 0.346. The molecule has 4 nitrogen and oxygen atoms in total. The van der Waals surface area contributed by atoms with Crippen LogP contribution in [0, 0.1) is 0 Å². The van der Waals surface area contributed by atoms with Crippen LogP contribution in [0.2, 0.25) is 0 Å². The van der Waals surface area contributed by atoms with Crippen molar-refractivity contribution >= 4 is 17.7 Å². The van der Waals surface area contributed by atoms with Crippen LogP contribution in [0.3, 0.4) is 0 Å². The van der Waals surface area contributed by atoms with E-state index in [0.29, 0.717) is 12.3 Å². The second-order valence-corrected chi connectivity index (χ2v) is 5.56. The van der Waals surface area contributed by atoms with Crippen LogP contribution in [-0.2, 0) is 4.79 Å². The highest BCUT2D eigenvalue weighted by Crippen LogP contribution is 2.10. The molecule has 2 saturated heterocycles. The molecule has 0 aromatic rings. The third-order valence-electron chi connectivity index (χ3n) is 3.22. The lowest BCUT2D eigenvalue weighted by molar-refractivity contribution is -0.131. The number of piperazine rings is 1. The number of hydrogen-bond acceptors (Lipinski definition) is 4. The molecule has 92 valence electrons. The first-order chi connectivity index (χ1) is 7.86. The fraction of sp³-hybridized carbons (Fsp3) is 0.909. The van der Waals surface area contributed by atoms with E-state index in [1.807, 2.05) is 16.7 Å². The second-order valence-electron chi connectivity index (χ2n) is 4.33. The van der Waals surface area contributed by atoms with Gasteiger partial charge in [-0.1, -0.05) is 0 Å². The molecule has 0 aromatic heterocycles. The SMILES string of the molecule is O=C(CCN1CCNCC1)N1CCSCC1. The molecule has 5 heteroatoms.